The molecule has 1 unspecified atom stereocenters. The van der Waals surface area contributed by atoms with Gasteiger partial charge in [-0.3, -0.25) is 0 Å². The van der Waals surface area contributed by atoms with Crippen LogP contribution in [0.2, 0.25) is 0 Å². The van der Waals surface area contributed by atoms with Crippen molar-refractivity contribution in [2.24, 2.45) is 10.9 Å². The highest BCUT2D eigenvalue weighted by molar-refractivity contribution is 8.17. The minimum absolute atomic E-state index is 0.314. The molecule has 0 saturated heterocycles. The SMILES string of the molecule is N#CC1=C(N)S/C(=N\O)C1c1ccc(F)cc1. The number of rotatable bonds is 1. The summed E-state index contributed by atoms with van der Waals surface area (Å²) in [6.07, 6.45) is 0. The van der Waals surface area contributed by atoms with E-state index in [1.807, 2.05) is 6.07 Å². The predicted molar refractivity (Wildman–Crippen MR) is 62.8 cm³/mol. The fourth-order valence-electron chi connectivity index (χ4n) is 1.65. The molecule has 1 heterocycles. The van der Waals surface area contributed by atoms with E-state index in [1.165, 1.54) is 12.1 Å². The van der Waals surface area contributed by atoms with E-state index in [0.29, 0.717) is 21.2 Å². The monoisotopic (exact) mass is 249 g/mol. The number of nitrogens with two attached hydrogens (primary N) is 1. The molecule has 1 aliphatic rings. The highest BCUT2D eigenvalue weighted by Crippen LogP contribution is 2.41. The Balaban J connectivity index is 2.49. The normalized spacial score (nSPS) is 21.9. The van der Waals surface area contributed by atoms with Crippen LogP contribution in [-0.2, 0) is 0 Å². The summed E-state index contributed by atoms with van der Waals surface area (Å²) in [4.78, 5) is 0. The maximum atomic E-state index is 12.8. The molecule has 86 valence electrons. The summed E-state index contributed by atoms with van der Waals surface area (Å²) in [6.45, 7) is 0. The number of nitrogens with zero attached hydrogens (tertiary/aromatic N) is 2. The first-order valence-corrected chi connectivity index (χ1v) is 5.54. The Hall–Kier alpha value is -2.00. The molecule has 1 atom stereocenters. The van der Waals surface area contributed by atoms with Crippen molar-refractivity contribution < 1.29 is 9.60 Å². The Morgan fingerprint density at radius 1 is 1.41 bits per heavy atom. The van der Waals surface area contributed by atoms with Gasteiger partial charge in [0.25, 0.3) is 0 Å². The van der Waals surface area contributed by atoms with Gasteiger partial charge >= 0.3 is 0 Å². The molecule has 4 nitrogen and oxygen atoms in total. The van der Waals surface area contributed by atoms with E-state index in [4.69, 9.17) is 16.2 Å². The summed E-state index contributed by atoms with van der Waals surface area (Å²) >= 11 is 1.05. The lowest BCUT2D eigenvalue weighted by Gasteiger charge is -2.09. The molecule has 0 radical (unpaired) electrons. The van der Waals surface area contributed by atoms with E-state index in [0.717, 1.165) is 11.8 Å². The third-order valence-electron chi connectivity index (χ3n) is 2.44. The lowest BCUT2D eigenvalue weighted by molar-refractivity contribution is 0.319. The van der Waals surface area contributed by atoms with Crippen molar-refractivity contribution in [3.8, 4) is 6.07 Å². The van der Waals surface area contributed by atoms with Gasteiger partial charge in [0.05, 0.1) is 22.6 Å². The molecule has 0 aliphatic carbocycles. The van der Waals surface area contributed by atoms with Gasteiger partial charge in [-0.15, -0.1) is 0 Å². The molecular formula is C11H8FN3OS. The second-order valence-corrected chi connectivity index (χ2v) is 4.48. The van der Waals surface area contributed by atoms with Gasteiger partial charge in [0.1, 0.15) is 10.9 Å². The number of halogens is 1. The van der Waals surface area contributed by atoms with Gasteiger partial charge in [-0.1, -0.05) is 29.1 Å². The zero-order valence-electron chi connectivity index (χ0n) is 8.59. The number of hydrogen-bond donors (Lipinski definition) is 2. The Kier molecular flexibility index (Phi) is 3.02. The van der Waals surface area contributed by atoms with Crippen molar-refractivity contribution in [3.63, 3.8) is 0 Å². The van der Waals surface area contributed by atoms with Gasteiger partial charge in [-0.05, 0) is 17.7 Å². The largest absolute Gasteiger partial charge is 0.410 e. The molecular weight excluding hydrogens is 241 g/mol. The van der Waals surface area contributed by atoms with Crippen LogP contribution in [0, 0.1) is 17.1 Å². The number of thioether (sulfide) groups is 1. The molecule has 0 saturated carbocycles. The van der Waals surface area contributed by atoms with Crippen LogP contribution < -0.4 is 5.73 Å². The van der Waals surface area contributed by atoms with Crippen molar-refractivity contribution in [2.75, 3.05) is 0 Å². The molecule has 0 bridgehead atoms. The lowest BCUT2D eigenvalue weighted by atomic mass is 9.93. The second kappa shape index (κ2) is 4.47. The number of benzene rings is 1. The maximum Gasteiger partial charge on any atom is 0.131 e. The lowest BCUT2D eigenvalue weighted by Crippen LogP contribution is -2.07. The van der Waals surface area contributed by atoms with E-state index in [9.17, 15) is 4.39 Å². The smallest absolute Gasteiger partial charge is 0.131 e. The topological polar surface area (TPSA) is 82.4 Å². The predicted octanol–water partition coefficient (Wildman–Crippen LogP) is 2.14. The first-order valence-electron chi connectivity index (χ1n) is 4.72. The van der Waals surface area contributed by atoms with E-state index in [1.54, 1.807) is 12.1 Å². The van der Waals surface area contributed by atoms with Crippen molar-refractivity contribution >= 4 is 16.8 Å². The van der Waals surface area contributed by atoms with Crippen molar-refractivity contribution in [3.05, 3.63) is 46.2 Å². The Morgan fingerprint density at radius 2 is 2.06 bits per heavy atom. The molecule has 1 aromatic carbocycles. The fraction of sp³-hybridized carbons (Fsp3) is 0.0909. The van der Waals surface area contributed by atoms with Gasteiger partial charge in [0, 0.05) is 0 Å². The summed E-state index contributed by atoms with van der Waals surface area (Å²) in [5.74, 6) is -0.868. The third-order valence-corrected chi connectivity index (χ3v) is 3.40. The van der Waals surface area contributed by atoms with Crippen LogP contribution in [0.1, 0.15) is 11.5 Å². The van der Waals surface area contributed by atoms with Gasteiger partial charge in [-0.2, -0.15) is 5.26 Å². The summed E-state index contributed by atoms with van der Waals surface area (Å²) in [7, 11) is 0. The van der Waals surface area contributed by atoms with Crippen molar-refractivity contribution in [1.82, 2.24) is 0 Å². The van der Waals surface area contributed by atoms with E-state index >= 15 is 0 Å². The average Bonchev–Trinajstić information content (AvgIpc) is 2.66. The molecule has 1 aliphatic heterocycles. The second-order valence-electron chi connectivity index (χ2n) is 3.41. The highest BCUT2D eigenvalue weighted by atomic mass is 32.2. The summed E-state index contributed by atoms with van der Waals surface area (Å²) in [5, 5.41) is 21.7. The Morgan fingerprint density at radius 3 is 2.59 bits per heavy atom. The Labute approximate surface area is 101 Å². The summed E-state index contributed by atoms with van der Waals surface area (Å²) in [5.41, 5.74) is 6.67. The average molecular weight is 249 g/mol. The van der Waals surface area contributed by atoms with Crippen molar-refractivity contribution in [2.45, 2.75) is 5.92 Å². The standard InChI is InChI=1S/C11H8FN3OS/c12-7-3-1-6(2-4-7)9-8(5-13)10(14)17-11(9)15-16/h1-4,9,16H,14H2/b15-11-. The zero-order chi connectivity index (χ0) is 12.4. The van der Waals surface area contributed by atoms with Crippen LogP contribution in [0.15, 0.2) is 40.0 Å². The molecule has 0 amide bonds. The molecule has 0 spiro atoms. The number of nitriles is 1. The zero-order valence-corrected chi connectivity index (χ0v) is 9.41. The van der Waals surface area contributed by atoms with Crippen LogP contribution in [0.4, 0.5) is 4.39 Å². The van der Waals surface area contributed by atoms with Crippen LogP contribution >= 0.6 is 11.8 Å². The molecule has 0 fully saturated rings. The molecule has 17 heavy (non-hydrogen) atoms. The molecule has 6 heteroatoms. The maximum absolute atomic E-state index is 12.8. The van der Waals surface area contributed by atoms with Crippen LogP contribution in [-0.4, -0.2) is 10.3 Å². The quantitative estimate of drug-likeness (QED) is 0.590. The number of allylic oxidation sites excluding steroid dienone is 1. The highest BCUT2D eigenvalue weighted by Gasteiger charge is 2.33. The first kappa shape index (κ1) is 11.5. The van der Waals surface area contributed by atoms with Gasteiger partial charge < -0.3 is 10.9 Å². The summed E-state index contributed by atoms with van der Waals surface area (Å²) < 4.78 is 12.8. The summed E-state index contributed by atoms with van der Waals surface area (Å²) in [6, 6.07) is 7.66. The molecule has 2 rings (SSSR count). The minimum Gasteiger partial charge on any atom is -0.410 e. The van der Waals surface area contributed by atoms with Gasteiger partial charge in [-0.25, -0.2) is 4.39 Å². The number of oxime groups is 1. The molecule has 0 aromatic heterocycles. The van der Waals surface area contributed by atoms with E-state index in [-0.39, 0.29) is 5.82 Å². The van der Waals surface area contributed by atoms with E-state index < -0.39 is 5.92 Å². The Bertz CT molecular complexity index is 545. The van der Waals surface area contributed by atoms with Crippen LogP contribution in [0.25, 0.3) is 0 Å². The van der Waals surface area contributed by atoms with Gasteiger partial charge in [0.2, 0.25) is 0 Å². The third kappa shape index (κ3) is 1.97. The molecule has 1 aromatic rings. The van der Waals surface area contributed by atoms with Gasteiger partial charge in [0.15, 0.2) is 0 Å². The molecule has 3 N–H and O–H groups in total. The van der Waals surface area contributed by atoms with Crippen LogP contribution in [0.3, 0.4) is 0 Å². The van der Waals surface area contributed by atoms with E-state index in [2.05, 4.69) is 5.16 Å². The van der Waals surface area contributed by atoms with Crippen molar-refractivity contribution in [1.29, 1.82) is 5.26 Å². The fourth-order valence-corrected chi connectivity index (χ4v) is 2.57. The van der Waals surface area contributed by atoms with Crippen LogP contribution in [0.5, 0.6) is 0 Å². The first-order chi connectivity index (χ1) is 8.17. The minimum atomic E-state index is -0.504. The number of hydrogen-bond acceptors (Lipinski definition) is 5.